The van der Waals surface area contributed by atoms with Crippen molar-refractivity contribution in [3.63, 3.8) is 0 Å². The van der Waals surface area contributed by atoms with Gasteiger partial charge in [-0.1, -0.05) is 18.6 Å². The number of aryl methyl sites for hydroxylation is 2. The molecule has 0 saturated carbocycles. The van der Waals surface area contributed by atoms with E-state index in [9.17, 15) is 18.0 Å². The number of hydrogen-bond acceptors (Lipinski definition) is 4. The second kappa shape index (κ2) is 8.67. The number of sulfonamides is 1. The van der Waals surface area contributed by atoms with Crippen molar-refractivity contribution in [1.82, 2.24) is 4.31 Å². The van der Waals surface area contributed by atoms with Gasteiger partial charge in [-0.3, -0.25) is 14.5 Å². The van der Waals surface area contributed by atoms with Crippen LogP contribution in [0.2, 0.25) is 0 Å². The predicted molar refractivity (Wildman–Crippen MR) is 124 cm³/mol. The van der Waals surface area contributed by atoms with Crippen LogP contribution in [0.1, 0.15) is 42.9 Å². The third-order valence-electron chi connectivity index (χ3n) is 6.28. The maximum Gasteiger partial charge on any atom is 0.247 e. The van der Waals surface area contributed by atoms with E-state index in [2.05, 4.69) is 5.32 Å². The van der Waals surface area contributed by atoms with E-state index in [1.54, 1.807) is 18.2 Å². The molecule has 0 aromatic heterocycles. The Morgan fingerprint density at radius 2 is 1.72 bits per heavy atom. The number of rotatable bonds is 4. The van der Waals surface area contributed by atoms with Crippen molar-refractivity contribution in [2.24, 2.45) is 0 Å². The number of nitrogens with one attached hydrogen (secondary N) is 1. The van der Waals surface area contributed by atoms with Crippen LogP contribution in [0, 0.1) is 13.8 Å². The van der Waals surface area contributed by atoms with Gasteiger partial charge in [0.15, 0.2) is 0 Å². The lowest BCUT2D eigenvalue weighted by Crippen LogP contribution is -2.44. The van der Waals surface area contributed by atoms with Gasteiger partial charge in [0.05, 0.1) is 4.90 Å². The fourth-order valence-corrected chi connectivity index (χ4v) is 6.10. The molecule has 2 aliphatic heterocycles. The number of fused-ring (bicyclic) bond motifs is 1. The first-order valence-electron chi connectivity index (χ1n) is 11.0. The van der Waals surface area contributed by atoms with Gasteiger partial charge in [-0.05, 0) is 67.6 Å². The highest BCUT2D eigenvalue weighted by atomic mass is 32.2. The van der Waals surface area contributed by atoms with Crippen molar-refractivity contribution in [3.05, 3.63) is 53.1 Å². The monoisotopic (exact) mass is 455 g/mol. The minimum Gasteiger partial charge on any atom is -0.324 e. The Hall–Kier alpha value is -2.71. The third-order valence-corrected chi connectivity index (χ3v) is 8.18. The van der Waals surface area contributed by atoms with Crippen LogP contribution in [0.4, 0.5) is 11.4 Å². The lowest BCUT2D eigenvalue weighted by Gasteiger charge is -2.26. The van der Waals surface area contributed by atoms with Crippen LogP contribution in [0.15, 0.2) is 41.3 Å². The van der Waals surface area contributed by atoms with Crippen LogP contribution >= 0.6 is 0 Å². The summed E-state index contributed by atoms with van der Waals surface area (Å²) in [7, 11) is -3.59. The topological polar surface area (TPSA) is 86.8 Å². The summed E-state index contributed by atoms with van der Waals surface area (Å²) in [6.45, 7) is 6.34. The first-order chi connectivity index (χ1) is 15.2. The number of anilines is 2. The SMILES string of the molecule is CC(=O)N1c2ccc(S(=O)(=O)N3CCCCC3)cc2CC1C(=O)Nc1cc(C)ccc1C. The number of piperidine rings is 1. The summed E-state index contributed by atoms with van der Waals surface area (Å²) >= 11 is 0. The molecule has 2 aliphatic rings. The Balaban J connectivity index is 1.62. The van der Waals surface area contributed by atoms with Crippen LogP contribution in [-0.4, -0.2) is 43.7 Å². The van der Waals surface area contributed by atoms with Crippen LogP contribution in [0.5, 0.6) is 0 Å². The minimum atomic E-state index is -3.59. The van der Waals surface area contributed by atoms with Gasteiger partial charge >= 0.3 is 0 Å². The molecular formula is C24H29N3O4S. The number of nitrogens with zero attached hydrogens (tertiary/aromatic N) is 2. The Morgan fingerprint density at radius 1 is 1.00 bits per heavy atom. The second-order valence-corrected chi connectivity index (χ2v) is 10.6. The molecule has 170 valence electrons. The Kier molecular flexibility index (Phi) is 6.09. The van der Waals surface area contributed by atoms with E-state index in [1.807, 2.05) is 32.0 Å². The van der Waals surface area contributed by atoms with Gasteiger partial charge < -0.3 is 5.32 Å². The van der Waals surface area contributed by atoms with Gasteiger partial charge in [0, 0.05) is 37.8 Å². The van der Waals surface area contributed by atoms with Crippen LogP contribution < -0.4 is 10.2 Å². The Bertz CT molecular complexity index is 1170. The number of carbonyl (C=O) groups is 2. The molecule has 1 unspecified atom stereocenters. The van der Waals surface area contributed by atoms with E-state index in [0.717, 1.165) is 30.4 Å². The first kappa shape index (κ1) is 22.5. The summed E-state index contributed by atoms with van der Waals surface area (Å²) in [5.41, 5.74) is 3.96. The second-order valence-electron chi connectivity index (χ2n) is 8.67. The van der Waals surface area contributed by atoms with E-state index in [0.29, 0.717) is 30.0 Å². The molecule has 8 heteroatoms. The summed E-state index contributed by atoms with van der Waals surface area (Å²) < 4.78 is 27.7. The average Bonchev–Trinajstić information content (AvgIpc) is 3.16. The van der Waals surface area contributed by atoms with Crippen molar-refractivity contribution in [1.29, 1.82) is 0 Å². The predicted octanol–water partition coefficient (Wildman–Crippen LogP) is 3.39. The van der Waals surface area contributed by atoms with Crippen molar-refractivity contribution < 1.29 is 18.0 Å². The molecule has 0 aliphatic carbocycles. The molecule has 2 aromatic rings. The molecule has 0 bridgehead atoms. The summed E-state index contributed by atoms with van der Waals surface area (Å²) in [5.74, 6) is -0.540. The molecule has 1 saturated heterocycles. The van der Waals surface area contributed by atoms with Gasteiger partial charge in [-0.2, -0.15) is 4.31 Å². The quantitative estimate of drug-likeness (QED) is 0.766. The van der Waals surface area contributed by atoms with Crippen molar-refractivity contribution in [2.45, 2.75) is 57.4 Å². The zero-order valence-electron chi connectivity index (χ0n) is 18.7. The largest absolute Gasteiger partial charge is 0.324 e. The minimum absolute atomic E-state index is 0.220. The summed E-state index contributed by atoms with van der Waals surface area (Å²) in [4.78, 5) is 27.3. The van der Waals surface area contributed by atoms with E-state index >= 15 is 0 Å². The average molecular weight is 456 g/mol. The van der Waals surface area contributed by atoms with Gasteiger partial charge in [-0.15, -0.1) is 0 Å². The molecule has 1 N–H and O–H groups in total. The summed E-state index contributed by atoms with van der Waals surface area (Å²) in [6.07, 6.45) is 3.04. The number of amides is 2. The Labute approximate surface area is 189 Å². The molecule has 2 aromatic carbocycles. The molecule has 4 rings (SSSR count). The third kappa shape index (κ3) is 4.17. The zero-order chi connectivity index (χ0) is 23.0. The highest BCUT2D eigenvalue weighted by Gasteiger charge is 2.38. The van der Waals surface area contributed by atoms with Crippen molar-refractivity contribution >= 4 is 33.2 Å². The summed E-state index contributed by atoms with van der Waals surface area (Å²) in [6, 6.07) is 9.91. The maximum atomic E-state index is 13.2. The number of benzene rings is 2. The Morgan fingerprint density at radius 3 is 2.41 bits per heavy atom. The smallest absolute Gasteiger partial charge is 0.247 e. The van der Waals surface area contributed by atoms with E-state index in [1.165, 1.54) is 16.1 Å². The van der Waals surface area contributed by atoms with Gasteiger partial charge in [0.2, 0.25) is 21.8 Å². The molecule has 1 atom stereocenters. The molecule has 0 spiro atoms. The van der Waals surface area contributed by atoms with Crippen molar-refractivity contribution in [2.75, 3.05) is 23.3 Å². The summed E-state index contributed by atoms with van der Waals surface area (Å²) in [5, 5.41) is 2.95. The molecule has 2 heterocycles. The molecule has 7 nitrogen and oxygen atoms in total. The zero-order valence-corrected chi connectivity index (χ0v) is 19.5. The standard InChI is InChI=1S/C24H29N3O4S/c1-16-7-8-17(2)21(13-16)25-24(29)23-15-19-14-20(9-10-22(19)27(23)18(3)28)32(30,31)26-11-5-4-6-12-26/h7-10,13-14,23H,4-6,11-12,15H2,1-3H3,(H,25,29). The van der Waals surface area contributed by atoms with E-state index in [4.69, 9.17) is 0 Å². The van der Waals surface area contributed by atoms with Crippen LogP contribution in [-0.2, 0) is 26.0 Å². The fraction of sp³-hybridized carbons (Fsp3) is 0.417. The molecular weight excluding hydrogens is 426 g/mol. The van der Waals surface area contributed by atoms with Crippen molar-refractivity contribution in [3.8, 4) is 0 Å². The van der Waals surface area contributed by atoms with Gasteiger partial charge in [0.1, 0.15) is 6.04 Å². The van der Waals surface area contributed by atoms with Gasteiger partial charge in [0.25, 0.3) is 0 Å². The van der Waals surface area contributed by atoms with E-state index < -0.39 is 16.1 Å². The van der Waals surface area contributed by atoms with Gasteiger partial charge in [-0.25, -0.2) is 8.42 Å². The van der Waals surface area contributed by atoms with E-state index in [-0.39, 0.29) is 23.1 Å². The first-order valence-corrected chi connectivity index (χ1v) is 12.4. The number of hydrogen-bond donors (Lipinski definition) is 1. The maximum absolute atomic E-state index is 13.2. The molecule has 2 amide bonds. The highest BCUT2D eigenvalue weighted by molar-refractivity contribution is 7.89. The number of carbonyl (C=O) groups excluding carboxylic acids is 2. The molecule has 1 fully saturated rings. The lowest BCUT2D eigenvalue weighted by atomic mass is 10.1. The van der Waals surface area contributed by atoms with Crippen LogP contribution in [0.3, 0.4) is 0 Å². The molecule has 32 heavy (non-hydrogen) atoms. The molecule has 0 radical (unpaired) electrons. The highest BCUT2D eigenvalue weighted by Crippen LogP contribution is 2.35. The van der Waals surface area contributed by atoms with Crippen LogP contribution in [0.25, 0.3) is 0 Å². The lowest BCUT2D eigenvalue weighted by molar-refractivity contribution is -0.122. The normalized spacial score (nSPS) is 19.0. The fourth-order valence-electron chi connectivity index (χ4n) is 4.53.